The van der Waals surface area contributed by atoms with Gasteiger partial charge in [-0.3, -0.25) is 0 Å². The van der Waals surface area contributed by atoms with Crippen molar-refractivity contribution in [1.82, 2.24) is 0 Å². The van der Waals surface area contributed by atoms with Gasteiger partial charge in [-0.25, -0.2) is 0 Å². The van der Waals surface area contributed by atoms with Crippen LogP contribution in [0.2, 0.25) is 9.63 Å². The van der Waals surface area contributed by atoms with E-state index in [1.165, 1.54) is 0 Å². The molecule has 0 bridgehead atoms. The van der Waals surface area contributed by atoms with Crippen molar-refractivity contribution in [2.45, 2.75) is 9.63 Å². The first kappa shape index (κ1) is 19.6. The molecule has 0 atom stereocenters. The second-order valence-corrected chi connectivity index (χ2v) is 6.60. The molecule has 0 fully saturated rings. The molecular formula is C22H20Fe2O. The summed E-state index contributed by atoms with van der Waals surface area (Å²) >= 11 is 7.53. The molecule has 2 aliphatic rings. The maximum absolute atomic E-state index is 5.58. The van der Waals surface area contributed by atoms with Gasteiger partial charge >= 0.3 is 90.3 Å². The molecule has 0 aromatic heterocycles. The number of hydrogen-bond donors (Lipinski definition) is 0. The van der Waals surface area contributed by atoms with Crippen LogP contribution in [0.3, 0.4) is 0 Å². The maximum Gasteiger partial charge on any atom is 0.127 e. The molecule has 0 spiro atoms. The SMILES string of the molecule is [Fe][CH]1C=CC=C1.[Fe][CH]1C=CC=C1.c1ccc(Oc2ccccc2)cc1. The van der Waals surface area contributed by atoms with Crippen LogP contribution in [0, 0.1) is 0 Å². The van der Waals surface area contributed by atoms with Gasteiger partial charge in [-0.15, -0.1) is 0 Å². The number of allylic oxidation sites excluding steroid dienone is 8. The molecular weight excluding hydrogens is 392 g/mol. The van der Waals surface area contributed by atoms with E-state index in [-0.39, 0.29) is 0 Å². The number of ether oxygens (including phenoxy) is 1. The van der Waals surface area contributed by atoms with Crippen molar-refractivity contribution in [3.63, 3.8) is 0 Å². The van der Waals surface area contributed by atoms with E-state index in [0.29, 0.717) is 9.63 Å². The van der Waals surface area contributed by atoms with Crippen LogP contribution in [0.5, 0.6) is 11.5 Å². The summed E-state index contributed by atoms with van der Waals surface area (Å²) in [5, 5.41) is 0. The fourth-order valence-corrected chi connectivity index (χ4v) is 2.40. The average Bonchev–Trinajstić information content (AvgIpc) is 3.31. The van der Waals surface area contributed by atoms with Crippen LogP contribution in [0.4, 0.5) is 0 Å². The van der Waals surface area contributed by atoms with E-state index in [0.717, 1.165) is 11.5 Å². The Morgan fingerprint density at radius 3 is 1.08 bits per heavy atom. The summed E-state index contributed by atoms with van der Waals surface area (Å²) in [6, 6.07) is 19.5. The smallest absolute Gasteiger partial charge is 0.127 e. The summed E-state index contributed by atoms with van der Waals surface area (Å²) in [4.78, 5) is 0.870. The van der Waals surface area contributed by atoms with Gasteiger partial charge in [-0.2, -0.15) is 0 Å². The normalized spacial score (nSPS) is 14.6. The van der Waals surface area contributed by atoms with Gasteiger partial charge < -0.3 is 4.74 Å². The van der Waals surface area contributed by atoms with Crippen molar-refractivity contribution in [1.29, 1.82) is 0 Å². The van der Waals surface area contributed by atoms with Crippen LogP contribution < -0.4 is 4.74 Å². The van der Waals surface area contributed by atoms with Crippen LogP contribution in [0.25, 0.3) is 0 Å². The fraction of sp³-hybridized carbons (Fsp3) is 0.0909. The Labute approximate surface area is 166 Å². The van der Waals surface area contributed by atoms with Crippen LogP contribution in [-0.4, -0.2) is 0 Å². The zero-order valence-electron chi connectivity index (χ0n) is 13.7. The van der Waals surface area contributed by atoms with E-state index in [1.54, 1.807) is 0 Å². The first-order chi connectivity index (χ1) is 12.2. The molecule has 2 aromatic carbocycles. The van der Waals surface area contributed by atoms with E-state index >= 15 is 0 Å². The predicted molar refractivity (Wildman–Crippen MR) is 97.0 cm³/mol. The quantitative estimate of drug-likeness (QED) is 0.521. The zero-order valence-corrected chi connectivity index (χ0v) is 15.9. The van der Waals surface area contributed by atoms with E-state index in [9.17, 15) is 0 Å². The molecule has 2 aliphatic carbocycles. The Balaban J connectivity index is 0.000000156. The van der Waals surface area contributed by atoms with E-state index in [4.69, 9.17) is 4.74 Å². The topological polar surface area (TPSA) is 9.23 Å². The molecule has 0 N–H and O–H groups in total. The van der Waals surface area contributed by atoms with E-state index in [1.807, 2.05) is 85.0 Å². The third-order valence-corrected chi connectivity index (χ3v) is 3.96. The number of hydrogen-bond acceptors (Lipinski definition) is 1. The Kier molecular flexibility index (Phi) is 9.18. The van der Waals surface area contributed by atoms with Crippen molar-refractivity contribution in [3.05, 3.63) is 109 Å². The van der Waals surface area contributed by atoms with Gasteiger partial charge in [0.05, 0.1) is 0 Å². The van der Waals surface area contributed by atoms with E-state index < -0.39 is 0 Å². The third-order valence-electron chi connectivity index (χ3n) is 3.11. The number of rotatable bonds is 2. The van der Waals surface area contributed by atoms with Gasteiger partial charge in [-0.05, 0) is 24.3 Å². The second kappa shape index (κ2) is 11.7. The molecule has 2 aromatic rings. The first-order valence-electron chi connectivity index (χ1n) is 7.97. The minimum absolute atomic E-state index is 0.435. The fourth-order valence-electron chi connectivity index (χ4n) is 1.91. The molecule has 0 saturated carbocycles. The van der Waals surface area contributed by atoms with E-state index in [2.05, 4.69) is 56.3 Å². The summed E-state index contributed by atoms with van der Waals surface area (Å²) in [7, 11) is 0. The van der Waals surface area contributed by atoms with Gasteiger partial charge in [0, 0.05) is 0 Å². The standard InChI is InChI=1S/C12H10O.2C5H5.2Fe/c1-3-7-11(8-4-1)13-12-9-5-2-6-10-12;2*1-2-4-5-3-1;;/h1-10H;2*1-5H;;. The number of para-hydroxylation sites is 2. The van der Waals surface area contributed by atoms with Crippen molar-refractivity contribution in [2.24, 2.45) is 0 Å². The van der Waals surface area contributed by atoms with Crippen LogP contribution >= 0.6 is 0 Å². The van der Waals surface area contributed by atoms with Gasteiger partial charge in [-0.1, -0.05) is 36.4 Å². The van der Waals surface area contributed by atoms with Crippen molar-refractivity contribution in [2.75, 3.05) is 0 Å². The first-order valence-corrected chi connectivity index (χ1v) is 9.25. The molecule has 25 heavy (non-hydrogen) atoms. The molecule has 0 amide bonds. The second-order valence-electron chi connectivity index (χ2n) is 5.12. The summed E-state index contributed by atoms with van der Waals surface area (Å²) < 4.78 is 5.58. The summed E-state index contributed by atoms with van der Waals surface area (Å²) in [5.74, 6) is 1.74. The molecule has 3 heteroatoms. The minimum Gasteiger partial charge on any atom is -0.457 e. The molecule has 0 heterocycles. The van der Waals surface area contributed by atoms with Crippen molar-refractivity contribution < 1.29 is 36.8 Å². The third kappa shape index (κ3) is 8.76. The van der Waals surface area contributed by atoms with Gasteiger partial charge in [0.1, 0.15) is 11.5 Å². The molecule has 0 aliphatic heterocycles. The van der Waals surface area contributed by atoms with Crippen LogP contribution in [0.1, 0.15) is 0 Å². The minimum atomic E-state index is 0.435. The summed E-state index contributed by atoms with van der Waals surface area (Å²) in [6.45, 7) is 0. The molecule has 130 valence electrons. The maximum atomic E-state index is 5.58. The Morgan fingerprint density at radius 2 is 0.840 bits per heavy atom. The summed E-state index contributed by atoms with van der Waals surface area (Å²) in [5.41, 5.74) is 0. The van der Waals surface area contributed by atoms with Gasteiger partial charge in [0.2, 0.25) is 0 Å². The molecule has 4 rings (SSSR count). The Morgan fingerprint density at radius 1 is 0.520 bits per heavy atom. The number of benzene rings is 2. The van der Waals surface area contributed by atoms with Gasteiger partial charge in [0.15, 0.2) is 0 Å². The zero-order chi connectivity index (χ0) is 17.7. The van der Waals surface area contributed by atoms with Gasteiger partial charge in [0.25, 0.3) is 0 Å². The predicted octanol–water partition coefficient (Wildman–Crippen LogP) is 6.37. The molecule has 1 nitrogen and oxygen atoms in total. The monoisotopic (exact) mass is 412 g/mol. The summed E-state index contributed by atoms with van der Waals surface area (Å²) in [6.07, 6.45) is 16.3. The average molecular weight is 412 g/mol. The van der Waals surface area contributed by atoms with Crippen molar-refractivity contribution >= 4 is 0 Å². The Bertz CT molecular complexity index is 631. The largest absolute Gasteiger partial charge is 0.457 e. The molecule has 0 radical (unpaired) electrons. The molecule has 0 unspecified atom stereocenters. The van der Waals surface area contributed by atoms with Crippen molar-refractivity contribution in [3.8, 4) is 11.5 Å². The van der Waals surface area contributed by atoms with Crippen LogP contribution in [0.15, 0.2) is 109 Å². The molecule has 0 saturated heterocycles. The van der Waals surface area contributed by atoms with Crippen LogP contribution in [-0.2, 0) is 32.0 Å². The Hall–Kier alpha value is -1.76.